The fourth-order valence-electron chi connectivity index (χ4n) is 1.41. The van der Waals surface area contributed by atoms with Crippen LogP contribution in [0.4, 0.5) is 5.82 Å². The largest absolute Gasteiger partial charge is 0.379 e. The smallest absolute Gasteiger partial charge is 0.126 e. The first kappa shape index (κ1) is 13.9. The van der Waals surface area contributed by atoms with Crippen molar-refractivity contribution < 1.29 is 9.47 Å². The molecule has 1 unspecified atom stereocenters. The molecular formula is C13H22N2O2. The highest BCUT2D eigenvalue weighted by atomic mass is 16.5. The van der Waals surface area contributed by atoms with E-state index in [9.17, 15) is 0 Å². The Balaban J connectivity index is 2.37. The molecule has 0 saturated carbocycles. The van der Waals surface area contributed by atoms with Gasteiger partial charge in [-0.1, -0.05) is 0 Å². The quantitative estimate of drug-likeness (QED) is 0.755. The van der Waals surface area contributed by atoms with Crippen molar-refractivity contribution in [3.63, 3.8) is 0 Å². The van der Waals surface area contributed by atoms with Gasteiger partial charge in [-0.05, 0) is 38.5 Å². The Morgan fingerprint density at radius 1 is 1.41 bits per heavy atom. The molecular weight excluding hydrogens is 216 g/mol. The minimum Gasteiger partial charge on any atom is -0.379 e. The summed E-state index contributed by atoms with van der Waals surface area (Å²) >= 11 is 0. The van der Waals surface area contributed by atoms with Gasteiger partial charge < -0.3 is 14.8 Å². The van der Waals surface area contributed by atoms with Crippen LogP contribution in [0, 0.1) is 0 Å². The van der Waals surface area contributed by atoms with E-state index in [-0.39, 0.29) is 6.10 Å². The minimum absolute atomic E-state index is 0.116. The maximum atomic E-state index is 5.68. The maximum absolute atomic E-state index is 5.68. The highest BCUT2D eigenvalue weighted by Gasteiger charge is 2.03. The summed E-state index contributed by atoms with van der Waals surface area (Å²) in [5.74, 6) is 0.895. The maximum Gasteiger partial charge on any atom is 0.126 e. The van der Waals surface area contributed by atoms with Crippen molar-refractivity contribution in [3.8, 4) is 0 Å². The van der Waals surface area contributed by atoms with Gasteiger partial charge in [-0.15, -0.1) is 0 Å². The molecule has 0 bridgehead atoms. The van der Waals surface area contributed by atoms with Gasteiger partial charge in [0, 0.05) is 19.3 Å². The number of anilines is 1. The number of hydrogen-bond acceptors (Lipinski definition) is 4. The van der Waals surface area contributed by atoms with Gasteiger partial charge in [-0.2, -0.15) is 0 Å². The van der Waals surface area contributed by atoms with Crippen molar-refractivity contribution in [3.05, 3.63) is 23.9 Å². The van der Waals surface area contributed by atoms with E-state index in [2.05, 4.69) is 17.2 Å². The number of nitrogens with one attached hydrogen (secondary N) is 1. The molecule has 0 aliphatic carbocycles. The van der Waals surface area contributed by atoms with Crippen LogP contribution in [0.2, 0.25) is 0 Å². The monoisotopic (exact) mass is 238 g/mol. The molecule has 0 amide bonds. The van der Waals surface area contributed by atoms with Crippen LogP contribution in [0.1, 0.15) is 26.3 Å². The van der Waals surface area contributed by atoms with Crippen molar-refractivity contribution in [2.45, 2.75) is 33.5 Å². The van der Waals surface area contributed by atoms with Gasteiger partial charge in [0.1, 0.15) is 5.82 Å². The SMILES string of the molecule is CCNc1cc(COC(C)COCC)ccn1. The second-order valence-electron chi connectivity index (χ2n) is 3.86. The summed E-state index contributed by atoms with van der Waals surface area (Å²) < 4.78 is 11.0. The van der Waals surface area contributed by atoms with Gasteiger partial charge in [-0.25, -0.2) is 4.98 Å². The lowest BCUT2D eigenvalue weighted by Gasteiger charge is -2.13. The highest BCUT2D eigenvalue weighted by Crippen LogP contribution is 2.09. The molecule has 0 aliphatic heterocycles. The van der Waals surface area contributed by atoms with E-state index in [0.29, 0.717) is 13.2 Å². The zero-order valence-corrected chi connectivity index (χ0v) is 10.9. The van der Waals surface area contributed by atoms with E-state index >= 15 is 0 Å². The van der Waals surface area contributed by atoms with Gasteiger partial charge in [0.2, 0.25) is 0 Å². The average Bonchev–Trinajstić information content (AvgIpc) is 2.35. The molecule has 1 N–H and O–H groups in total. The van der Waals surface area contributed by atoms with Crippen molar-refractivity contribution in [2.24, 2.45) is 0 Å². The lowest BCUT2D eigenvalue weighted by atomic mass is 10.2. The predicted molar refractivity (Wildman–Crippen MR) is 69.1 cm³/mol. The lowest BCUT2D eigenvalue weighted by molar-refractivity contribution is -0.0116. The molecule has 17 heavy (non-hydrogen) atoms. The Labute approximate surface area is 103 Å². The van der Waals surface area contributed by atoms with E-state index in [1.54, 1.807) is 6.20 Å². The average molecular weight is 238 g/mol. The molecule has 96 valence electrons. The number of nitrogens with zero attached hydrogens (tertiary/aromatic N) is 1. The van der Waals surface area contributed by atoms with Gasteiger partial charge in [0.05, 0.1) is 19.3 Å². The molecule has 0 aliphatic rings. The number of hydrogen-bond donors (Lipinski definition) is 1. The summed E-state index contributed by atoms with van der Waals surface area (Å²) in [6.07, 6.45) is 1.91. The van der Waals surface area contributed by atoms with Crippen LogP contribution in [-0.4, -0.2) is 30.8 Å². The highest BCUT2D eigenvalue weighted by molar-refractivity contribution is 5.36. The number of pyridine rings is 1. The first-order valence-electron chi connectivity index (χ1n) is 6.14. The van der Waals surface area contributed by atoms with Crippen molar-refractivity contribution in [1.82, 2.24) is 4.98 Å². The summed E-state index contributed by atoms with van der Waals surface area (Å²) in [4.78, 5) is 4.21. The zero-order chi connectivity index (χ0) is 12.5. The zero-order valence-electron chi connectivity index (χ0n) is 10.9. The fraction of sp³-hybridized carbons (Fsp3) is 0.615. The molecule has 1 heterocycles. The molecule has 0 fully saturated rings. The van der Waals surface area contributed by atoms with Gasteiger partial charge in [0.25, 0.3) is 0 Å². The van der Waals surface area contributed by atoms with Crippen LogP contribution in [0.3, 0.4) is 0 Å². The molecule has 4 nitrogen and oxygen atoms in total. The molecule has 1 rings (SSSR count). The third kappa shape index (κ3) is 5.65. The summed E-state index contributed by atoms with van der Waals surface area (Å²) in [6.45, 7) is 8.89. The standard InChI is InChI=1S/C13H22N2O2/c1-4-14-13-8-12(6-7-15-13)10-17-11(3)9-16-5-2/h6-8,11H,4-5,9-10H2,1-3H3,(H,14,15). The van der Waals surface area contributed by atoms with Crippen LogP contribution in [0.25, 0.3) is 0 Å². The summed E-state index contributed by atoms with van der Waals surface area (Å²) in [7, 11) is 0. The Hall–Kier alpha value is -1.13. The summed E-state index contributed by atoms with van der Waals surface area (Å²) in [5, 5.41) is 3.18. The van der Waals surface area contributed by atoms with Gasteiger partial charge >= 0.3 is 0 Å². The van der Waals surface area contributed by atoms with Crippen LogP contribution in [0.15, 0.2) is 18.3 Å². The number of aromatic nitrogens is 1. The van der Waals surface area contributed by atoms with E-state index in [4.69, 9.17) is 9.47 Å². The van der Waals surface area contributed by atoms with E-state index < -0.39 is 0 Å². The normalized spacial score (nSPS) is 12.4. The topological polar surface area (TPSA) is 43.4 Å². The van der Waals surface area contributed by atoms with Gasteiger partial charge in [0.15, 0.2) is 0 Å². The van der Waals surface area contributed by atoms with Gasteiger partial charge in [-0.3, -0.25) is 0 Å². The molecule has 0 spiro atoms. The third-order valence-corrected chi connectivity index (χ3v) is 2.27. The Kier molecular flexibility index (Phi) is 6.58. The fourth-order valence-corrected chi connectivity index (χ4v) is 1.41. The molecule has 4 heteroatoms. The molecule has 1 aromatic rings. The van der Waals surface area contributed by atoms with Crippen LogP contribution < -0.4 is 5.32 Å². The Morgan fingerprint density at radius 2 is 2.24 bits per heavy atom. The Bertz CT molecular complexity index is 318. The van der Waals surface area contributed by atoms with Crippen molar-refractivity contribution in [1.29, 1.82) is 0 Å². The number of ether oxygens (including phenoxy) is 2. The Morgan fingerprint density at radius 3 is 2.94 bits per heavy atom. The first-order valence-corrected chi connectivity index (χ1v) is 6.14. The van der Waals surface area contributed by atoms with Crippen molar-refractivity contribution in [2.75, 3.05) is 25.1 Å². The van der Waals surface area contributed by atoms with Crippen LogP contribution >= 0.6 is 0 Å². The lowest BCUT2D eigenvalue weighted by Crippen LogP contribution is -2.15. The van der Waals surface area contributed by atoms with Crippen LogP contribution in [0.5, 0.6) is 0 Å². The predicted octanol–water partition coefficient (Wildman–Crippen LogP) is 2.46. The van der Waals surface area contributed by atoms with Crippen LogP contribution in [-0.2, 0) is 16.1 Å². The second-order valence-corrected chi connectivity index (χ2v) is 3.86. The van der Waals surface area contributed by atoms with E-state index in [1.165, 1.54) is 0 Å². The molecule has 0 radical (unpaired) electrons. The third-order valence-electron chi connectivity index (χ3n) is 2.27. The summed E-state index contributed by atoms with van der Waals surface area (Å²) in [5.41, 5.74) is 1.12. The molecule has 0 saturated heterocycles. The second kappa shape index (κ2) is 8.03. The van der Waals surface area contributed by atoms with E-state index in [0.717, 1.165) is 24.5 Å². The molecule has 1 aromatic heterocycles. The van der Waals surface area contributed by atoms with Crippen molar-refractivity contribution >= 4 is 5.82 Å². The summed E-state index contributed by atoms with van der Waals surface area (Å²) in [6, 6.07) is 3.98. The molecule has 0 aromatic carbocycles. The minimum atomic E-state index is 0.116. The number of rotatable bonds is 8. The molecule has 1 atom stereocenters. The first-order chi connectivity index (χ1) is 8.26. The van der Waals surface area contributed by atoms with E-state index in [1.807, 2.05) is 26.0 Å².